The van der Waals surface area contributed by atoms with Gasteiger partial charge in [0.1, 0.15) is 0 Å². The second-order valence-electron chi connectivity index (χ2n) is 3.52. The number of aromatic nitrogens is 2. The van der Waals surface area contributed by atoms with Gasteiger partial charge in [-0.1, -0.05) is 12.1 Å². The van der Waals surface area contributed by atoms with E-state index in [9.17, 15) is 0 Å². The predicted octanol–water partition coefficient (Wildman–Crippen LogP) is 3.02. The molecule has 2 heterocycles. The maximum Gasteiger partial charge on any atom is 0.0960 e. The Morgan fingerprint density at radius 1 is 1.07 bits per heavy atom. The summed E-state index contributed by atoms with van der Waals surface area (Å²) in [5.41, 5.74) is 4.61. The highest BCUT2D eigenvalue weighted by Gasteiger charge is 2.05. The van der Waals surface area contributed by atoms with E-state index < -0.39 is 0 Å². The van der Waals surface area contributed by atoms with E-state index >= 15 is 0 Å². The highest BCUT2D eigenvalue weighted by Crippen LogP contribution is 2.25. The molecule has 0 aliphatic heterocycles. The number of fused-ring (bicyclic) bond motifs is 3. The first kappa shape index (κ1) is 7.56. The number of benzene rings is 1. The van der Waals surface area contributed by atoms with Gasteiger partial charge in [0.15, 0.2) is 0 Å². The number of hydrogen-bond acceptors (Lipinski definition) is 1. The molecule has 2 heteroatoms. The van der Waals surface area contributed by atoms with Crippen LogP contribution in [0.15, 0.2) is 36.5 Å². The summed E-state index contributed by atoms with van der Waals surface area (Å²) in [4.78, 5) is 7.76. The van der Waals surface area contributed by atoms with Gasteiger partial charge in [0.25, 0.3) is 0 Å². The SMILES string of the molecule is Cc1cccc2[nH]c3cccnc3c12. The zero-order valence-electron chi connectivity index (χ0n) is 7.91. The second-order valence-corrected chi connectivity index (χ2v) is 3.52. The van der Waals surface area contributed by atoms with Crippen molar-refractivity contribution in [2.75, 3.05) is 0 Å². The monoisotopic (exact) mass is 182 g/mol. The summed E-state index contributed by atoms with van der Waals surface area (Å²) in [5.74, 6) is 0. The van der Waals surface area contributed by atoms with Crippen LogP contribution in [0.25, 0.3) is 21.9 Å². The molecule has 0 saturated carbocycles. The van der Waals surface area contributed by atoms with E-state index in [2.05, 4.69) is 41.2 Å². The van der Waals surface area contributed by atoms with Crippen LogP contribution in [0.4, 0.5) is 0 Å². The van der Waals surface area contributed by atoms with Gasteiger partial charge in [-0.3, -0.25) is 4.98 Å². The number of nitrogens with one attached hydrogen (secondary N) is 1. The quantitative estimate of drug-likeness (QED) is 0.568. The molecular formula is C12H10N2. The average molecular weight is 182 g/mol. The molecule has 1 N–H and O–H groups in total. The Kier molecular flexibility index (Phi) is 1.39. The molecule has 0 fully saturated rings. The summed E-state index contributed by atoms with van der Waals surface area (Å²) in [6.07, 6.45) is 1.84. The van der Waals surface area contributed by atoms with Gasteiger partial charge >= 0.3 is 0 Å². The van der Waals surface area contributed by atoms with Crippen molar-refractivity contribution in [1.82, 2.24) is 9.97 Å². The molecule has 14 heavy (non-hydrogen) atoms. The molecule has 0 radical (unpaired) electrons. The van der Waals surface area contributed by atoms with Crippen LogP contribution in [0, 0.1) is 6.92 Å². The third-order valence-corrected chi connectivity index (χ3v) is 2.59. The summed E-state index contributed by atoms with van der Waals surface area (Å²) < 4.78 is 0. The predicted molar refractivity (Wildman–Crippen MR) is 58.3 cm³/mol. The van der Waals surface area contributed by atoms with E-state index in [-0.39, 0.29) is 0 Å². The fourth-order valence-electron chi connectivity index (χ4n) is 1.94. The van der Waals surface area contributed by atoms with Crippen molar-refractivity contribution >= 4 is 21.9 Å². The lowest BCUT2D eigenvalue weighted by molar-refractivity contribution is 1.41. The van der Waals surface area contributed by atoms with E-state index in [0.717, 1.165) is 11.0 Å². The van der Waals surface area contributed by atoms with Crippen molar-refractivity contribution in [3.63, 3.8) is 0 Å². The van der Waals surface area contributed by atoms with Gasteiger partial charge in [-0.05, 0) is 30.7 Å². The lowest BCUT2D eigenvalue weighted by Crippen LogP contribution is -1.75. The van der Waals surface area contributed by atoms with E-state index in [4.69, 9.17) is 0 Å². The minimum absolute atomic E-state index is 1.07. The molecule has 0 atom stereocenters. The third kappa shape index (κ3) is 0.880. The summed E-state index contributed by atoms with van der Waals surface area (Å²) in [5, 5.41) is 1.24. The molecule has 1 aromatic carbocycles. The van der Waals surface area contributed by atoms with Crippen LogP contribution in [-0.2, 0) is 0 Å². The van der Waals surface area contributed by atoms with E-state index in [1.807, 2.05) is 12.3 Å². The number of hydrogen-bond donors (Lipinski definition) is 1. The van der Waals surface area contributed by atoms with Crippen molar-refractivity contribution in [2.45, 2.75) is 6.92 Å². The normalized spacial score (nSPS) is 11.2. The lowest BCUT2D eigenvalue weighted by Gasteiger charge is -1.94. The largest absolute Gasteiger partial charge is 0.353 e. The molecule has 0 amide bonds. The molecule has 0 bridgehead atoms. The molecule has 0 unspecified atom stereocenters. The van der Waals surface area contributed by atoms with Gasteiger partial charge < -0.3 is 4.98 Å². The second kappa shape index (κ2) is 2.58. The standard InChI is InChI=1S/C12H10N2/c1-8-4-2-5-9-11(8)12-10(14-9)6-3-7-13-12/h2-7,14H,1H3. The maximum atomic E-state index is 4.40. The van der Waals surface area contributed by atoms with Crippen LogP contribution in [0.2, 0.25) is 0 Å². The van der Waals surface area contributed by atoms with Gasteiger partial charge in [0.2, 0.25) is 0 Å². The van der Waals surface area contributed by atoms with Crippen LogP contribution in [0.1, 0.15) is 5.56 Å². The zero-order chi connectivity index (χ0) is 9.54. The van der Waals surface area contributed by atoms with Gasteiger partial charge in [0, 0.05) is 17.1 Å². The van der Waals surface area contributed by atoms with Crippen molar-refractivity contribution in [1.29, 1.82) is 0 Å². The van der Waals surface area contributed by atoms with Crippen molar-refractivity contribution in [3.05, 3.63) is 42.1 Å². The average Bonchev–Trinajstić information content (AvgIpc) is 2.57. The molecule has 3 aromatic rings. The molecule has 68 valence electrons. The highest BCUT2D eigenvalue weighted by atomic mass is 14.8. The summed E-state index contributed by atoms with van der Waals surface area (Å²) in [6.45, 7) is 2.12. The summed E-state index contributed by atoms with van der Waals surface area (Å²) >= 11 is 0. The van der Waals surface area contributed by atoms with E-state index in [1.54, 1.807) is 0 Å². The van der Waals surface area contributed by atoms with Gasteiger partial charge in [-0.15, -0.1) is 0 Å². The molecule has 0 aliphatic carbocycles. The van der Waals surface area contributed by atoms with Gasteiger partial charge in [0.05, 0.1) is 11.0 Å². The minimum atomic E-state index is 1.07. The van der Waals surface area contributed by atoms with Crippen LogP contribution in [0.3, 0.4) is 0 Å². The molecule has 0 aliphatic rings. The molecular weight excluding hydrogens is 172 g/mol. The van der Waals surface area contributed by atoms with Crippen molar-refractivity contribution < 1.29 is 0 Å². The fourth-order valence-corrected chi connectivity index (χ4v) is 1.94. The Labute approximate surface area is 81.6 Å². The van der Waals surface area contributed by atoms with Crippen LogP contribution >= 0.6 is 0 Å². The first-order valence-electron chi connectivity index (χ1n) is 4.68. The first-order valence-corrected chi connectivity index (χ1v) is 4.68. The topological polar surface area (TPSA) is 28.7 Å². The van der Waals surface area contributed by atoms with Crippen LogP contribution < -0.4 is 0 Å². The Morgan fingerprint density at radius 2 is 1.93 bits per heavy atom. The number of aryl methyl sites for hydroxylation is 1. The Bertz CT molecular complexity index is 608. The Morgan fingerprint density at radius 3 is 2.86 bits per heavy atom. The van der Waals surface area contributed by atoms with Gasteiger partial charge in [-0.2, -0.15) is 0 Å². The van der Waals surface area contributed by atoms with E-state index in [0.29, 0.717) is 0 Å². The maximum absolute atomic E-state index is 4.40. The number of H-pyrrole nitrogens is 1. The minimum Gasteiger partial charge on any atom is -0.353 e. The van der Waals surface area contributed by atoms with Crippen molar-refractivity contribution in [3.8, 4) is 0 Å². The first-order chi connectivity index (χ1) is 6.86. The molecule has 2 nitrogen and oxygen atoms in total. The van der Waals surface area contributed by atoms with Gasteiger partial charge in [-0.25, -0.2) is 0 Å². The summed E-state index contributed by atoms with van der Waals surface area (Å²) in [7, 11) is 0. The number of rotatable bonds is 0. The number of nitrogens with zero attached hydrogens (tertiary/aromatic N) is 1. The highest BCUT2D eigenvalue weighted by molar-refractivity contribution is 6.06. The third-order valence-electron chi connectivity index (χ3n) is 2.59. The smallest absolute Gasteiger partial charge is 0.0960 e. The number of pyridine rings is 1. The molecule has 0 spiro atoms. The lowest BCUT2D eigenvalue weighted by atomic mass is 10.1. The number of aromatic amines is 1. The summed E-state index contributed by atoms with van der Waals surface area (Å²) in [6, 6.07) is 10.3. The molecule has 0 saturated heterocycles. The van der Waals surface area contributed by atoms with Crippen LogP contribution in [0.5, 0.6) is 0 Å². The van der Waals surface area contributed by atoms with Crippen LogP contribution in [-0.4, -0.2) is 9.97 Å². The Balaban J connectivity index is 2.65. The van der Waals surface area contributed by atoms with Crippen molar-refractivity contribution in [2.24, 2.45) is 0 Å². The Hall–Kier alpha value is -1.83. The zero-order valence-corrected chi connectivity index (χ0v) is 7.91. The molecule has 2 aromatic heterocycles. The van der Waals surface area contributed by atoms with E-state index in [1.165, 1.54) is 16.5 Å². The fraction of sp³-hybridized carbons (Fsp3) is 0.0833. The molecule has 3 rings (SSSR count).